The predicted octanol–water partition coefficient (Wildman–Crippen LogP) is -7.54. The third kappa shape index (κ3) is 11.5. The number of rotatable bonds is 18. The molecule has 0 aromatic rings. The van der Waals surface area contributed by atoms with Crippen LogP contribution in [0.2, 0.25) is 0 Å². The van der Waals surface area contributed by atoms with Gasteiger partial charge in [0, 0.05) is 13.1 Å². The molecule has 0 unspecified atom stereocenters. The zero-order valence-corrected chi connectivity index (χ0v) is 18.1. The lowest BCUT2D eigenvalue weighted by atomic mass is 10.0. The molecule has 0 radical (unpaired) electrons. The van der Waals surface area contributed by atoms with Crippen molar-refractivity contribution in [3.8, 4) is 0 Å². The highest BCUT2D eigenvalue weighted by atomic mass is 16.4. The van der Waals surface area contributed by atoms with Crippen LogP contribution in [-0.4, -0.2) is 151 Å². The normalized spacial score (nSPS) is 19.0. The Hall–Kier alpha value is -1.50. The molecule has 33 heavy (non-hydrogen) atoms. The quantitative estimate of drug-likeness (QED) is 0.0801. The number of carbonyl (C=O) groups excluding carboxylic acids is 2. The van der Waals surface area contributed by atoms with Gasteiger partial charge in [0.1, 0.15) is 36.6 Å². The fourth-order valence-corrected chi connectivity index (χ4v) is 2.54. The van der Waals surface area contributed by atoms with Gasteiger partial charge in [0.15, 0.2) is 12.2 Å². The highest BCUT2D eigenvalue weighted by Crippen LogP contribution is 2.06. The number of aliphatic hydroxyl groups is 10. The Labute approximate surface area is 190 Å². The Balaban J connectivity index is 3.93. The summed E-state index contributed by atoms with van der Waals surface area (Å²) in [5, 5.41) is 101. The van der Waals surface area contributed by atoms with Crippen LogP contribution in [0, 0.1) is 0 Å². The zero-order valence-electron chi connectivity index (χ0n) is 18.1. The van der Waals surface area contributed by atoms with Gasteiger partial charge < -0.3 is 67.0 Å². The van der Waals surface area contributed by atoms with Crippen LogP contribution in [0.3, 0.4) is 0 Å². The van der Waals surface area contributed by atoms with Crippen molar-refractivity contribution < 1.29 is 60.7 Å². The molecule has 0 aromatic carbocycles. The third-order valence-electron chi connectivity index (χ3n) is 4.71. The summed E-state index contributed by atoms with van der Waals surface area (Å²) in [7, 11) is 0. The average molecular weight is 488 g/mol. The first kappa shape index (κ1) is 31.5. The summed E-state index contributed by atoms with van der Waals surface area (Å²) in [6.07, 6.45) is -14.3. The first-order valence-corrected chi connectivity index (χ1v) is 10.4. The summed E-state index contributed by atoms with van der Waals surface area (Å²) >= 11 is 0. The van der Waals surface area contributed by atoms with E-state index in [9.17, 15) is 50.4 Å². The van der Waals surface area contributed by atoms with E-state index in [1.54, 1.807) is 0 Å². The van der Waals surface area contributed by atoms with Crippen LogP contribution in [0.1, 0.15) is 12.8 Å². The van der Waals surface area contributed by atoms with Gasteiger partial charge in [0.2, 0.25) is 0 Å². The van der Waals surface area contributed by atoms with Gasteiger partial charge >= 0.3 is 0 Å². The molecule has 0 bridgehead atoms. The number of amides is 2. The number of hydrogen-bond acceptors (Lipinski definition) is 13. The van der Waals surface area contributed by atoms with Gasteiger partial charge in [0.05, 0.1) is 13.2 Å². The van der Waals surface area contributed by atoms with E-state index in [1.807, 2.05) is 0 Å². The van der Waals surface area contributed by atoms with Crippen molar-refractivity contribution in [1.82, 2.24) is 16.0 Å². The fourth-order valence-electron chi connectivity index (χ4n) is 2.54. The van der Waals surface area contributed by atoms with E-state index in [1.165, 1.54) is 0 Å². The Morgan fingerprint density at radius 1 is 0.545 bits per heavy atom. The van der Waals surface area contributed by atoms with Gasteiger partial charge in [-0.3, -0.25) is 9.59 Å². The van der Waals surface area contributed by atoms with Crippen molar-refractivity contribution in [2.75, 3.05) is 39.4 Å². The monoisotopic (exact) mass is 487 g/mol. The highest BCUT2D eigenvalue weighted by Gasteiger charge is 2.34. The molecule has 0 aliphatic heterocycles. The number of hydrogen-bond donors (Lipinski definition) is 13. The average Bonchev–Trinajstić information content (AvgIpc) is 2.83. The molecular weight excluding hydrogens is 450 g/mol. The Morgan fingerprint density at radius 3 is 1.18 bits per heavy atom. The maximum absolute atomic E-state index is 11.7. The first-order valence-electron chi connectivity index (χ1n) is 10.4. The molecule has 196 valence electrons. The van der Waals surface area contributed by atoms with E-state index in [-0.39, 0.29) is 13.1 Å². The van der Waals surface area contributed by atoms with Gasteiger partial charge in [-0.25, -0.2) is 0 Å². The van der Waals surface area contributed by atoms with Crippen LogP contribution in [0.4, 0.5) is 0 Å². The minimum atomic E-state index is -2.00. The van der Waals surface area contributed by atoms with E-state index in [0.29, 0.717) is 25.9 Å². The lowest BCUT2D eigenvalue weighted by molar-refractivity contribution is -0.149. The van der Waals surface area contributed by atoms with Gasteiger partial charge in [-0.1, -0.05) is 0 Å². The Bertz CT molecular complexity index is 512. The molecule has 0 aromatic heterocycles. The molecule has 0 saturated carbocycles. The van der Waals surface area contributed by atoms with Crippen LogP contribution in [0.15, 0.2) is 0 Å². The van der Waals surface area contributed by atoms with Crippen LogP contribution in [0.5, 0.6) is 0 Å². The molecule has 0 aliphatic rings. The molecule has 0 aliphatic carbocycles. The Morgan fingerprint density at radius 2 is 0.879 bits per heavy atom. The van der Waals surface area contributed by atoms with E-state index < -0.39 is 73.9 Å². The van der Waals surface area contributed by atoms with Crippen molar-refractivity contribution in [2.24, 2.45) is 0 Å². The van der Waals surface area contributed by atoms with Crippen LogP contribution >= 0.6 is 0 Å². The molecule has 8 atom stereocenters. The molecule has 0 heterocycles. The molecule has 0 rings (SSSR count). The van der Waals surface area contributed by atoms with Gasteiger partial charge in [-0.2, -0.15) is 0 Å². The lowest BCUT2D eigenvalue weighted by Gasteiger charge is -2.25. The SMILES string of the molecule is O=C(NCCCNCCCNC(=O)[C@H](O)[C@H](O)[C@H](O)[C@H](O)CO)[C@H](O)[C@H](O)[C@H](O)[C@H](O)CO. The maximum atomic E-state index is 11.7. The van der Waals surface area contributed by atoms with E-state index in [0.717, 1.165) is 0 Å². The van der Waals surface area contributed by atoms with Crippen molar-refractivity contribution in [2.45, 2.75) is 61.7 Å². The molecule has 0 fully saturated rings. The lowest BCUT2D eigenvalue weighted by Crippen LogP contribution is -2.51. The second-order valence-electron chi connectivity index (χ2n) is 7.39. The van der Waals surface area contributed by atoms with Crippen molar-refractivity contribution >= 4 is 11.8 Å². The summed E-state index contributed by atoms with van der Waals surface area (Å²) in [6, 6.07) is 0. The van der Waals surface area contributed by atoms with Crippen LogP contribution in [0.25, 0.3) is 0 Å². The number of aliphatic hydroxyl groups excluding tert-OH is 10. The third-order valence-corrected chi connectivity index (χ3v) is 4.71. The predicted molar refractivity (Wildman–Crippen MR) is 110 cm³/mol. The fraction of sp³-hybridized carbons (Fsp3) is 0.889. The molecular formula is C18H37N3O12. The van der Waals surface area contributed by atoms with Crippen molar-refractivity contribution in [3.63, 3.8) is 0 Å². The van der Waals surface area contributed by atoms with E-state index in [4.69, 9.17) is 10.2 Å². The smallest absolute Gasteiger partial charge is 0.251 e. The molecule has 15 heteroatoms. The van der Waals surface area contributed by atoms with Crippen molar-refractivity contribution in [1.29, 1.82) is 0 Å². The van der Waals surface area contributed by atoms with Gasteiger partial charge in [-0.15, -0.1) is 0 Å². The minimum absolute atomic E-state index is 0.122. The maximum Gasteiger partial charge on any atom is 0.251 e. The molecule has 0 saturated heterocycles. The largest absolute Gasteiger partial charge is 0.394 e. The molecule has 15 nitrogen and oxygen atoms in total. The second kappa shape index (κ2) is 17.0. The first-order chi connectivity index (χ1) is 15.5. The topological polar surface area (TPSA) is 273 Å². The van der Waals surface area contributed by atoms with E-state index >= 15 is 0 Å². The molecule has 2 amide bonds. The van der Waals surface area contributed by atoms with Crippen molar-refractivity contribution in [3.05, 3.63) is 0 Å². The number of carbonyl (C=O) groups is 2. The Kier molecular flexibility index (Phi) is 16.2. The second-order valence-corrected chi connectivity index (χ2v) is 7.39. The summed E-state index contributed by atoms with van der Waals surface area (Å²) in [4.78, 5) is 23.4. The minimum Gasteiger partial charge on any atom is -0.394 e. The summed E-state index contributed by atoms with van der Waals surface area (Å²) in [5.74, 6) is -1.93. The van der Waals surface area contributed by atoms with Crippen LogP contribution in [-0.2, 0) is 9.59 Å². The van der Waals surface area contributed by atoms with Gasteiger partial charge in [0.25, 0.3) is 11.8 Å². The molecule has 13 N–H and O–H groups in total. The van der Waals surface area contributed by atoms with Gasteiger partial charge in [-0.05, 0) is 25.9 Å². The number of nitrogens with one attached hydrogen (secondary N) is 3. The van der Waals surface area contributed by atoms with E-state index in [2.05, 4.69) is 16.0 Å². The summed E-state index contributed by atoms with van der Waals surface area (Å²) in [5.41, 5.74) is 0. The standard InChI is InChI=1S/C18H37N3O12/c22-7-9(24)11(26)13(28)15(30)17(32)20-5-1-3-19-4-2-6-21-18(33)16(31)14(29)12(27)10(25)8-23/h9-16,19,22-31H,1-8H2,(H,20,32)(H,21,33)/t9-,10-,11-,12-,13-,14-,15-,16-/m1/s1. The van der Waals surface area contributed by atoms with Crippen LogP contribution < -0.4 is 16.0 Å². The summed E-state index contributed by atoms with van der Waals surface area (Å²) < 4.78 is 0. The molecule has 0 spiro atoms. The summed E-state index contributed by atoms with van der Waals surface area (Å²) in [6.45, 7) is -0.602. The highest BCUT2D eigenvalue weighted by molar-refractivity contribution is 5.81. The zero-order chi connectivity index (χ0) is 25.6.